The minimum absolute atomic E-state index is 0.616. The van der Waals surface area contributed by atoms with E-state index in [1.807, 2.05) is 84.1 Å². The summed E-state index contributed by atoms with van der Waals surface area (Å²) in [5.41, 5.74) is 10.4. The van der Waals surface area contributed by atoms with Crippen LogP contribution in [0.25, 0.3) is 115 Å². The predicted octanol–water partition coefficient (Wildman–Crippen LogP) is 13.9. The van der Waals surface area contributed by atoms with Gasteiger partial charge in [0.1, 0.15) is 11.2 Å². The number of hydrogen-bond donors (Lipinski definition) is 0. The van der Waals surface area contributed by atoms with E-state index in [1.54, 1.807) is 0 Å². The molecule has 0 N–H and O–H groups in total. The first-order chi connectivity index (χ1) is 28.2. The van der Waals surface area contributed by atoms with E-state index in [1.165, 1.54) is 47.7 Å². The van der Waals surface area contributed by atoms with Crippen molar-refractivity contribution in [3.05, 3.63) is 182 Å². The Hall–Kier alpha value is -7.41. The molecule has 0 bridgehead atoms. The topological polar surface area (TPSA) is 56.7 Å². The van der Waals surface area contributed by atoms with Gasteiger partial charge in [-0.25, -0.2) is 15.0 Å². The minimum Gasteiger partial charge on any atom is -0.456 e. The van der Waals surface area contributed by atoms with Crippen molar-refractivity contribution in [3.63, 3.8) is 0 Å². The molecule has 0 spiro atoms. The Kier molecular flexibility index (Phi) is 7.03. The van der Waals surface area contributed by atoms with Gasteiger partial charge in [-0.05, 0) is 71.8 Å². The Morgan fingerprint density at radius 3 is 1.54 bits per heavy atom. The number of nitrogens with zero attached hydrogens (tertiary/aromatic N) is 4. The van der Waals surface area contributed by atoms with E-state index in [4.69, 9.17) is 19.4 Å². The lowest BCUT2D eigenvalue weighted by Crippen LogP contribution is -2.00. The third-order valence-electron chi connectivity index (χ3n) is 11.1. The minimum atomic E-state index is 0.616. The third kappa shape index (κ3) is 5.12. The average Bonchev–Trinajstić information content (AvgIpc) is 3.95. The summed E-state index contributed by atoms with van der Waals surface area (Å²) in [5.74, 6) is 1.89. The summed E-state index contributed by atoms with van der Waals surface area (Å²) >= 11 is 1.85. The van der Waals surface area contributed by atoms with E-state index in [0.717, 1.165) is 49.8 Å². The Bertz CT molecular complexity index is 3420. The maximum absolute atomic E-state index is 6.39. The summed E-state index contributed by atoms with van der Waals surface area (Å²) in [6, 6.07) is 63.9. The smallest absolute Gasteiger partial charge is 0.164 e. The van der Waals surface area contributed by atoms with E-state index in [2.05, 4.69) is 114 Å². The van der Waals surface area contributed by atoms with Gasteiger partial charge in [0.15, 0.2) is 17.5 Å². The summed E-state index contributed by atoms with van der Waals surface area (Å²) < 4.78 is 11.3. The second kappa shape index (κ2) is 12.6. The highest BCUT2D eigenvalue weighted by molar-refractivity contribution is 7.26. The van der Waals surface area contributed by atoms with Crippen LogP contribution in [0, 0.1) is 0 Å². The van der Waals surface area contributed by atoms with Gasteiger partial charge in [-0.1, -0.05) is 121 Å². The zero-order valence-corrected chi connectivity index (χ0v) is 31.2. The molecule has 12 aromatic rings. The molecule has 0 aliphatic rings. The normalized spacial score (nSPS) is 11.9. The van der Waals surface area contributed by atoms with Crippen molar-refractivity contribution >= 4 is 75.3 Å². The van der Waals surface area contributed by atoms with Crippen molar-refractivity contribution < 1.29 is 4.42 Å². The SMILES string of the molecule is c1ccc(-c2nc(-c3ccccc3)nc(-c3ccc4oc5ccc(-c6ccc7c(c6)sc6cccc(-n8c9ccccc9c9ccccc98)c67)cc5c4c3)n2)cc1. The first-order valence-corrected chi connectivity index (χ1v) is 19.8. The van der Waals surface area contributed by atoms with Crippen LogP contribution in [0.4, 0.5) is 0 Å². The van der Waals surface area contributed by atoms with Crippen molar-refractivity contribution in [2.24, 2.45) is 0 Å². The number of benzene rings is 8. The fourth-order valence-electron chi connectivity index (χ4n) is 8.39. The molecule has 266 valence electrons. The molecule has 0 saturated carbocycles. The van der Waals surface area contributed by atoms with Gasteiger partial charge in [-0.2, -0.15) is 0 Å². The van der Waals surface area contributed by atoms with Gasteiger partial charge in [0.2, 0.25) is 0 Å². The molecule has 0 fully saturated rings. The van der Waals surface area contributed by atoms with Gasteiger partial charge < -0.3 is 8.98 Å². The molecular weight excluding hydrogens is 717 g/mol. The monoisotopic (exact) mass is 746 g/mol. The van der Waals surface area contributed by atoms with Crippen LogP contribution in [0.3, 0.4) is 0 Å². The molecule has 5 nitrogen and oxygen atoms in total. The number of thiophene rings is 1. The van der Waals surface area contributed by atoms with E-state index >= 15 is 0 Å². The molecular formula is C51H30N4OS. The quantitative estimate of drug-likeness (QED) is 0.176. The van der Waals surface area contributed by atoms with Crippen LogP contribution in [0.5, 0.6) is 0 Å². The fraction of sp³-hybridized carbons (Fsp3) is 0. The highest BCUT2D eigenvalue weighted by Gasteiger charge is 2.18. The molecule has 0 amide bonds. The molecule has 12 rings (SSSR count). The van der Waals surface area contributed by atoms with Crippen LogP contribution in [0.1, 0.15) is 0 Å². The molecule has 0 atom stereocenters. The largest absolute Gasteiger partial charge is 0.456 e. The molecule has 4 heterocycles. The van der Waals surface area contributed by atoms with Crippen molar-refractivity contribution in [2.45, 2.75) is 0 Å². The van der Waals surface area contributed by atoms with E-state index in [-0.39, 0.29) is 0 Å². The highest BCUT2D eigenvalue weighted by atomic mass is 32.1. The lowest BCUT2D eigenvalue weighted by molar-refractivity contribution is 0.669. The number of aromatic nitrogens is 4. The standard InChI is InChI=1S/C51H30N4OS/c1-3-12-31(13-4-1)49-52-50(32-14-5-2-6-15-32)54-51(53-49)35-24-27-45-40(29-35)39-28-33(23-26-44(39)56-45)34-22-25-38-47(30-34)57-46-21-11-20-43(48(38)46)55-41-18-9-7-16-36(41)37-17-8-10-19-42(37)55/h1-30H. The summed E-state index contributed by atoms with van der Waals surface area (Å²) in [4.78, 5) is 14.8. The summed E-state index contributed by atoms with van der Waals surface area (Å²) in [6.07, 6.45) is 0. The van der Waals surface area contributed by atoms with Gasteiger partial charge in [0.05, 0.1) is 16.7 Å². The summed E-state index contributed by atoms with van der Waals surface area (Å²) in [7, 11) is 0. The zero-order chi connectivity index (χ0) is 37.5. The molecule has 0 saturated heterocycles. The zero-order valence-electron chi connectivity index (χ0n) is 30.4. The Balaban J connectivity index is 0.978. The van der Waals surface area contributed by atoms with E-state index in [9.17, 15) is 0 Å². The highest BCUT2D eigenvalue weighted by Crippen LogP contribution is 2.43. The molecule has 4 aromatic heterocycles. The Morgan fingerprint density at radius 2 is 0.895 bits per heavy atom. The van der Waals surface area contributed by atoms with Gasteiger partial charge in [0, 0.05) is 58.4 Å². The molecule has 0 aliphatic carbocycles. The van der Waals surface area contributed by atoms with Crippen LogP contribution in [0.2, 0.25) is 0 Å². The molecule has 0 unspecified atom stereocenters. The number of furan rings is 1. The van der Waals surface area contributed by atoms with Crippen LogP contribution in [0.15, 0.2) is 186 Å². The van der Waals surface area contributed by atoms with E-state index < -0.39 is 0 Å². The van der Waals surface area contributed by atoms with Crippen LogP contribution >= 0.6 is 11.3 Å². The molecule has 6 heteroatoms. The second-order valence-electron chi connectivity index (χ2n) is 14.4. The van der Waals surface area contributed by atoms with Gasteiger partial charge in [-0.15, -0.1) is 11.3 Å². The fourth-order valence-corrected chi connectivity index (χ4v) is 9.55. The van der Waals surface area contributed by atoms with Gasteiger partial charge >= 0.3 is 0 Å². The predicted molar refractivity (Wildman–Crippen MR) is 236 cm³/mol. The number of rotatable bonds is 5. The summed E-state index contributed by atoms with van der Waals surface area (Å²) in [5, 5.41) is 7.15. The molecule has 57 heavy (non-hydrogen) atoms. The van der Waals surface area contributed by atoms with Crippen LogP contribution in [-0.4, -0.2) is 19.5 Å². The molecule has 8 aromatic carbocycles. The first kappa shape index (κ1) is 31.9. The van der Waals surface area contributed by atoms with E-state index in [0.29, 0.717) is 17.5 Å². The molecule has 0 radical (unpaired) electrons. The van der Waals surface area contributed by atoms with Crippen LogP contribution < -0.4 is 0 Å². The number of fused-ring (bicyclic) bond motifs is 9. The van der Waals surface area contributed by atoms with Crippen LogP contribution in [-0.2, 0) is 0 Å². The lowest BCUT2D eigenvalue weighted by Gasteiger charge is -2.10. The third-order valence-corrected chi connectivity index (χ3v) is 12.2. The maximum Gasteiger partial charge on any atom is 0.164 e. The Morgan fingerprint density at radius 1 is 0.368 bits per heavy atom. The van der Waals surface area contributed by atoms with Crippen molar-refractivity contribution in [1.82, 2.24) is 19.5 Å². The lowest BCUT2D eigenvalue weighted by atomic mass is 10.0. The maximum atomic E-state index is 6.39. The first-order valence-electron chi connectivity index (χ1n) is 19.0. The Labute approximate surface area is 330 Å². The average molecular weight is 747 g/mol. The van der Waals surface area contributed by atoms with Crippen molar-refractivity contribution in [2.75, 3.05) is 0 Å². The number of para-hydroxylation sites is 2. The van der Waals surface area contributed by atoms with Gasteiger partial charge in [-0.3, -0.25) is 0 Å². The molecule has 0 aliphatic heterocycles. The summed E-state index contributed by atoms with van der Waals surface area (Å²) in [6.45, 7) is 0. The second-order valence-corrected chi connectivity index (χ2v) is 15.5. The van der Waals surface area contributed by atoms with Crippen molar-refractivity contribution in [3.8, 4) is 51.0 Å². The number of hydrogen-bond acceptors (Lipinski definition) is 5. The van der Waals surface area contributed by atoms with Gasteiger partial charge in [0.25, 0.3) is 0 Å². The van der Waals surface area contributed by atoms with Crippen molar-refractivity contribution in [1.29, 1.82) is 0 Å².